The lowest BCUT2D eigenvalue weighted by molar-refractivity contribution is -0.384. The van der Waals surface area contributed by atoms with Gasteiger partial charge >= 0.3 is 5.97 Å². The van der Waals surface area contributed by atoms with E-state index in [1.54, 1.807) is 43.5 Å². The second kappa shape index (κ2) is 13.2. The number of benzene rings is 3. The largest absolute Gasteiger partial charge is 0.493 e. The Balaban J connectivity index is 1.35. The first kappa shape index (κ1) is 26.7. The number of esters is 1. The summed E-state index contributed by atoms with van der Waals surface area (Å²) in [5.41, 5.74) is 0.606. The van der Waals surface area contributed by atoms with Crippen LogP contribution in [0.1, 0.15) is 19.3 Å². The van der Waals surface area contributed by atoms with E-state index < -0.39 is 23.4 Å². The fourth-order valence-electron chi connectivity index (χ4n) is 3.17. The van der Waals surface area contributed by atoms with E-state index in [2.05, 4.69) is 10.6 Å². The van der Waals surface area contributed by atoms with E-state index in [4.69, 9.17) is 14.2 Å². The normalized spacial score (nSPS) is 10.2. The summed E-state index contributed by atoms with van der Waals surface area (Å²) in [5, 5.41) is 15.9. The smallest absolute Gasteiger partial charge is 0.306 e. The molecule has 0 radical (unpaired) electrons. The van der Waals surface area contributed by atoms with Gasteiger partial charge in [-0.3, -0.25) is 24.5 Å². The van der Waals surface area contributed by atoms with Crippen molar-refractivity contribution < 1.29 is 33.5 Å². The highest BCUT2D eigenvalue weighted by Gasteiger charge is 2.12. The molecule has 0 aliphatic rings. The Morgan fingerprint density at radius 1 is 0.838 bits per heavy atom. The Morgan fingerprint density at radius 3 is 2.24 bits per heavy atom. The van der Waals surface area contributed by atoms with E-state index in [9.17, 15) is 24.5 Å². The average Bonchev–Trinajstić information content (AvgIpc) is 2.89. The quantitative estimate of drug-likeness (QED) is 0.204. The van der Waals surface area contributed by atoms with Crippen LogP contribution in [0.25, 0.3) is 0 Å². The minimum atomic E-state index is -0.639. The van der Waals surface area contributed by atoms with Crippen LogP contribution in [0.2, 0.25) is 0 Å². The van der Waals surface area contributed by atoms with Crippen molar-refractivity contribution >= 4 is 34.8 Å². The SMILES string of the molecule is COc1ccccc1Oc1ccc(NC(=O)CCCC(=O)OCC(=O)Nc2cccc([N+](=O)[O-])c2)cc1. The fraction of sp³-hybridized carbons (Fsp3) is 0.192. The predicted octanol–water partition coefficient (Wildman–Crippen LogP) is 4.69. The van der Waals surface area contributed by atoms with Crippen molar-refractivity contribution in [2.75, 3.05) is 24.4 Å². The molecule has 0 saturated carbocycles. The molecular weight excluding hydrogens is 482 g/mol. The lowest BCUT2D eigenvalue weighted by Crippen LogP contribution is -2.21. The van der Waals surface area contributed by atoms with Gasteiger partial charge in [0.05, 0.1) is 12.0 Å². The molecule has 3 rings (SSSR count). The molecule has 0 bridgehead atoms. The van der Waals surface area contributed by atoms with Crippen LogP contribution in [-0.4, -0.2) is 36.4 Å². The number of rotatable bonds is 12. The molecule has 2 N–H and O–H groups in total. The molecule has 3 aromatic carbocycles. The first-order valence-electron chi connectivity index (χ1n) is 11.2. The molecule has 0 heterocycles. The van der Waals surface area contributed by atoms with Crippen molar-refractivity contribution in [3.63, 3.8) is 0 Å². The van der Waals surface area contributed by atoms with Gasteiger partial charge in [0.1, 0.15) is 5.75 Å². The standard InChI is InChI=1S/C26H25N3O8/c1-35-22-8-2-3-9-23(22)37-21-14-12-18(13-15-21)27-24(30)10-5-11-26(32)36-17-25(31)28-19-6-4-7-20(16-19)29(33)34/h2-4,6-9,12-16H,5,10-11,17H2,1H3,(H,27,30)(H,28,31). The van der Waals surface area contributed by atoms with E-state index in [-0.39, 0.29) is 36.5 Å². The summed E-state index contributed by atoms with van der Waals surface area (Å²) in [7, 11) is 1.56. The molecule has 3 aromatic rings. The average molecular weight is 507 g/mol. The lowest BCUT2D eigenvalue weighted by atomic mass is 10.2. The van der Waals surface area contributed by atoms with Crippen LogP contribution >= 0.6 is 0 Å². The number of nitrogens with zero attached hydrogens (tertiary/aromatic N) is 1. The van der Waals surface area contributed by atoms with Crippen molar-refractivity contribution in [1.29, 1.82) is 0 Å². The zero-order chi connectivity index (χ0) is 26.6. The van der Waals surface area contributed by atoms with Gasteiger partial charge in [-0.05, 0) is 48.9 Å². The second-order valence-corrected chi connectivity index (χ2v) is 7.70. The summed E-state index contributed by atoms with van der Waals surface area (Å²) in [6.07, 6.45) is 0.254. The number of anilines is 2. The maximum absolute atomic E-state index is 12.2. The van der Waals surface area contributed by atoms with Crippen LogP contribution < -0.4 is 20.1 Å². The molecule has 0 saturated heterocycles. The molecule has 37 heavy (non-hydrogen) atoms. The molecule has 0 aliphatic carbocycles. The first-order valence-corrected chi connectivity index (χ1v) is 11.2. The van der Waals surface area contributed by atoms with Crippen molar-refractivity contribution in [1.82, 2.24) is 0 Å². The number of carbonyl (C=O) groups excluding carboxylic acids is 3. The van der Waals surface area contributed by atoms with E-state index in [0.717, 1.165) is 0 Å². The third-order valence-corrected chi connectivity index (χ3v) is 4.92. The molecule has 0 aromatic heterocycles. The number of amides is 2. The molecule has 192 valence electrons. The number of hydrogen-bond donors (Lipinski definition) is 2. The molecule has 11 nitrogen and oxygen atoms in total. The minimum Gasteiger partial charge on any atom is -0.493 e. The van der Waals surface area contributed by atoms with E-state index >= 15 is 0 Å². The molecular formula is C26H25N3O8. The van der Waals surface area contributed by atoms with Crippen LogP contribution in [0.5, 0.6) is 17.2 Å². The second-order valence-electron chi connectivity index (χ2n) is 7.70. The highest BCUT2D eigenvalue weighted by molar-refractivity contribution is 5.93. The van der Waals surface area contributed by atoms with Gasteiger partial charge in [-0.15, -0.1) is 0 Å². The number of nitro groups is 1. The summed E-state index contributed by atoms with van der Waals surface area (Å²) < 4.78 is 15.9. The van der Waals surface area contributed by atoms with E-state index in [1.807, 2.05) is 12.1 Å². The fourth-order valence-corrected chi connectivity index (χ4v) is 3.17. The Hall–Kier alpha value is -4.93. The summed E-state index contributed by atoms with van der Waals surface area (Å²) in [5.74, 6) is 0.177. The van der Waals surface area contributed by atoms with Crippen molar-refractivity contribution in [2.24, 2.45) is 0 Å². The van der Waals surface area contributed by atoms with Crippen LogP contribution in [0.15, 0.2) is 72.8 Å². The number of nitrogens with one attached hydrogen (secondary N) is 2. The van der Waals surface area contributed by atoms with Gasteiger partial charge in [-0.1, -0.05) is 18.2 Å². The highest BCUT2D eigenvalue weighted by atomic mass is 16.6. The number of para-hydroxylation sites is 2. The van der Waals surface area contributed by atoms with Crippen LogP contribution in [0, 0.1) is 10.1 Å². The Morgan fingerprint density at radius 2 is 1.54 bits per heavy atom. The molecule has 0 unspecified atom stereocenters. The zero-order valence-corrected chi connectivity index (χ0v) is 20.0. The van der Waals surface area contributed by atoms with Gasteiger partial charge in [-0.25, -0.2) is 0 Å². The third kappa shape index (κ3) is 8.66. The highest BCUT2D eigenvalue weighted by Crippen LogP contribution is 2.31. The Labute approximate surface area is 212 Å². The number of nitro benzene ring substituents is 1. The topological polar surface area (TPSA) is 146 Å². The predicted molar refractivity (Wildman–Crippen MR) is 135 cm³/mol. The summed E-state index contributed by atoms with van der Waals surface area (Å²) in [6.45, 7) is -0.545. The van der Waals surface area contributed by atoms with Gasteiger partial charge in [0.2, 0.25) is 5.91 Å². The monoisotopic (exact) mass is 507 g/mol. The number of methoxy groups -OCH3 is 1. The maximum atomic E-state index is 12.2. The molecule has 0 atom stereocenters. The van der Waals surface area contributed by atoms with Crippen LogP contribution in [0.4, 0.5) is 17.1 Å². The molecule has 0 spiro atoms. The summed E-state index contributed by atoms with van der Waals surface area (Å²) in [4.78, 5) is 46.2. The summed E-state index contributed by atoms with van der Waals surface area (Å²) in [6, 6.07) is 19.4. The van der Waals surface area contributed by atoms with Crippen molar-refractivity contribution in [3.8, 4) is 17.2 Å². The number of non-ortho nitro benzene ring substituents is 1. The third-order valence-electron chi connectivity index (χ3n) is 4.92. The molecule has 11 heteroatoms. The maximum Gasteiger partial charge on any atom is 0.306 e. The molecule has 2 amide bonds. The molecule has 0 fully saturated rings. The number of ether oxygens (including phenoxy) is 3. The zero-order valence-electron chi connectivity index (χ0n) is 20.0. The van der Waals surface area contributed by atoms with E-state index in [1.165, 1.54) is 24.3 Å². The van der Waals surface area contributed by atoms with Gasteiger partial charge in [0, 0.05) is 36.3 Å². The minimum absolute atomic E-state index is 0.0524. The molecule has 0 aliphatic heterocycles. The van der Waals surface area contributed by atoms with Gasteiger partial charge in [0.25, 0.3) is 11.6 Å². The Kier molecular flexibility index (Phi) is 9.54. The van der Waals surface area contributed by atoms with Crippen LogP contribution in [-0.2, 0) is 19.1 Å². The lowest BCUT2D eigenvalue weighted by Gasteiger charge is -2.11. The van der Waals surface area contributed by atoms with Gasteiger partial charge < -0.3 is 24.8 Å². The first-order chi connectivity index (χ1) is 17.8. The van der Waals surface area contributed by atoms with E-state index in [0.29, 0.717) is 22.9 Å². The summed E-state index contributed by atoms with van der Waals surface area (Å²) >= 11 is 0. The Bertz CT molecular complexity index is 1260. The number of hydrogen-bond acceptors (Lipinski definition) is 8. The van der Waals surface area contributed by atoms with Gasteiger partial charge in [-0.2, -0.15) is 0 Å². The number of carbonyl (C=O) groups is 3. The van der Waals surface area contributed by atoms with Crippen molar-refractivity contribution in [3.05, 3.63) is 82.9 Å². The van der Waals surface area contributed by atoms with Gasteiger partial charge in [0.15, 0.2) is 18.1 Å². The van der Waals surface area contributed by atoms with Crippen LogP contribution in [0.3, 0.4) is 0 Å². The van der Waals surface area contributed by atoms with Crippen molar-refractivity contribution in [2.45, 2.75) is 19.3 Å².